The fourth-order valence-corrected chi connectivity index (χ4v) is 1.85. The molecule has 0 aromatic carbocycles. The molecule has 0 aliphatic carbocycles. The smallest absolute Gasteiger partial charge is 0.208 e. The molecule has 1 aromatic rings. The van der Waals surface area contributed by atoms with Gasteiger partial charge in [-0.05, 0) is 18.8 Å². The number of nitrogens with zero attached hydrogens (tertiary/aromatic N) is 2. The molecule has 1 fully saturated rings. The normalized spacial score (nSPS) is 15.5. The lowest BCUT2D eigenvalue weighted by Crippen LogP contribution is -2.32. The van der Waals surface area contributed by atoms with Crippen LogP contribution in [0.5, 0.6) is 0 Å². The number of terminal acetylenes is 1. The summed E-state index contributed by atoms with van der Waals surface area (Å²) in [5.74, 6) is 2.62. The van der Waals surface area contributed by atoms with Gasteiger partial charge in [0.2, 0.25) is 6.54 Å². The summed E-state index contributed by atoms with van der Waals surface area (Å²) in [5.41, 5.74) is 1.32. The van der Waals surface area contributed by atoms with Crippen molar-refractivity contribution in [1.29, 1.82) is 0 Å². The van der Waals surface area contributed by atoms with E-state index in [0.717, 1.165) is 0 Å². The van der Waals surface area contributed by atoms with Crippen LogP contribution in [0.15, 0.2) is 24.5 Å². The minimum absolute atomic E-state index is 0.653. The fraction of sp³-hybridized carbons (Fsp3) is 0.417. The van der Waals surface area contributed by atoms with Gasteiger partial charge in [-0.15, -0.1) is 6.42 Å². The zero-order chi connectivity index (χ0) is 9.80. The molecule has 2 nitrogen and oxygen atoms in total. The highest BCUT2D eigenvalue weighted by Gasteiger charge is 2.12. The lowest BCUT2D eigenvalue weighted by molar-refractivity contribution is -0.684. The van der Waals surface area contributed by atoms with Crippen molar-refractivity contribution in [3.05, 3.63) is 24.5 Å². The van der Waals surface area contributed by atoms with Gasteiger partial charge in [0, 0.05) is 30.9 Å². The number of hydrogen-bond acceptors (Lipinski definition) is 1. The Morgan fingerprint density at radius 3 is 2.50 bits per heavy atom. The highest BCUT2D eigenvalue weighted by Crippen LogP contribution is 2.17. The minimum Gasteiger partial charge on any atom is -0.371 e. The molecule has 1 aromatic heterocycles. The average Bonchev–Trinajstić information content (AvgIpc) is 2.72. The van der Waals surface area contributed by atoms with Gasteiger partial charge in [0.25, 0.3) is 0 Å². The number of aromatic nitrogens is 1. The van der Waals surface area contributed by atoms with Crippen LogP contribution in [0.2, 0.25) is 0 Å². The molecular weight excluding hydrogens is 172 g/mol. The Kier molecular flexibility index (Phi) is 2.69. The number of anilines is 1. The molecule has 2 heteroatoms. The van der Waals surface area contributed by atoms with Gasteiger partial charge in [0.05, 0.1) is 0 Å². The molecule has 0 unspecified atom stereocenters. The lowest BCUT2D eigenvalue weighted by atomic mass is 10.3. The summed E-state index contributed by atoms with van der Waals surface area (Å²) < 4.78 is 2.01. The molecule has 0 N–H and O–H groups in total. The molecule has 72 valence electrons. The first-order valence-corrected chi connectivity index (χ1v) is 5.07. The van der Waals surface area contributed by atoms with Gasteiger partial charge in [-0.1, -0.05) is 0 Å². The summed E-state index contributed by atoms with van der Waals surface area (Å²) in [6, 6.07) is 4.28. The summed E-state index contributed by atoms with van der Waals surface area (Å²) >= 11 is 0. The van der Waals surface area contributed by atoms with E-state index in [1.54, 1.807) is 0 Å². The number of hydrogen-bond donors (Lipinski definition) is 0. The Balaban J connectivity index is 2.09. The first-order valence-electron chi connectivity index (χ1n) is 5.07. The van der Waals surface area contributed by atoms with Crippen LogP contribution >= 0.6 is 0 Å². The lowest BCUT2D eigenvalue weighted by Gasteiger charge is -2.15. The molecule has 0 bridgehead atoms. The van der Waals surface area contributed by atoms with Gasteiger partial charge in [-0.25, -0.2) is 0 Å². The second kappa shape index (κ2) is 4.15. The molecule has 0 atom stereocenters. The highest BCUT2D eigenvalue weighted by molar-refractivity contribution is 5.44. The molecule has 1 aliphatic rings. The van der Waals surface area contributed by atoms with Crippen LogP contribution in [-0.4, -0.2) is 13.1 Å². The van der Waals surface area contributed by atoms with Crippen LogP contribution in [0.25, 0.3) is 0 Å². The quantitative estimate of drug-likeness (QED) is 0.498. The van der Waals surface area contributed by atoms with Gasteiger partial charge < -0.3 is 4.90 Å². The van der Waals surface area contributed by atoms with Crippen LogP contribution in [0, 0.1) is 12.3 Å². The van der Waals surface area contributed by atoms with Crippen molar-refractivity contribution in [3.63, 3.8) is 0 Å². The first-order chi connectivity index (χ1) is 6.90. The summed E-state index contributed by atoms with van der Waals surface area (Å²) in [4.78, 5) is 2.42. The van der Waals surface area contributed by atoms with Crippen LogP contribution in [0.1, 0.15) is 12.8 Å². The van der Waals surface area contributed by atoms with Crippen molar-refractivity contribution >= 4 is 5.69 Å². The summed E-state index contributed by atoms with van der Waals surface area (Å²) in [6.45, 7) is 3.04. The highest BCUT2D eigenvalue weighted by atomic mass is 15.1. The Bertz CT molecular complexity index is 328. The SMILES string of the molecule is C#CC[n+]1ccc(N2CCCC2)cc1. The summed E-state index contributed by atoms with van der Waals surface area (Å²) in [5, 5.41) is 0. The largest absolute Gasteiger partial charge is 0.371 e. The summed E-state index contributed by atoms with van der Waals surface area (Å²) in [6.07, 6.45) is 12.0. The molecule has 1 aliphatic heterocycles. The Labute approximate surface area is 85.2 Å². The molecule has 14 heavy (non-hydrogen) atoms. The Morgan fingerprint density at radius 1 is 1.29 bits per heavy atom. The van der Waals surface area contributed by atoms with Gasteiger partial charge in [0.15, 0.2) is 12.4 Å². The topological polar surface area (TPSA) is 7.12 Å². The van der Waals surface area contributed by atoms with Crippen molar-refractivity contribution in [3.8, 4) is 12.3 Å². The zero-order valence-corrected chi connectivity index (χ0v) is 8.32. The number of pyridine rings is 1. The van der Waals surface area contributed by atoms with Gasteiger partial charge in [-0.2, -0.15) is 4.57 Å². The molecule has 0 radical (unpaired) electrons. The van der Waals surface area contributed by atoms with E-state index in [1.807, 2.05) is 17.0 Å². The predicted octanol–water partition coefficient (Wildman–Crippen LogP) is 1.21. The molecular formula is C12H15N2+. The monoisotopic (exact) mass is 187 g/mol. The second-order valence-corrected chi connectivity index (χ2v) is 3.63. The predicted molar refractivity (Wildman–Crippen MR) is 56.9 cm³/mol. The molecule has 0 saturated carbocycles. The standard InChI is InChI=1S/C12H15N2/c1-2-7-13-10-5-12(6-11-13)14-8-3-4-9-14/h1,5-6,10-11H,3-4,7-9H2/q+1. The molecule has 0 spiro atoms. The van der Waals surface area contributed by atoms with E-state index in [0.29, 0.717) is 6.54 Å². The van der Waals surface area contributed by atoms with Crippen molar-refractivity contribution in [2.45, 2.75) is 19.4 Å². The Hall–Kier alpha value is -1.49. The van der Waals surface area contributed by atoms with Crippen LogP contribution in [0.4, 0.5) is 5.69 Å². The first kappa shape index (κ1) is 9.08. The van der Waals surface area contributed by atoms with Crippen LogP contribution < -0.4 is 9.47 Å². The van der Waals surface area contributed by atoms with Gasteiger partial charge in [-0.3, -0.25) is 0 Å². The molecule has 1 saturated heterocycles. The van der Waals surface area contributed by atoms with Gasteiger partial charge in [0.1, 0.15) is 0 Å². The van der Waals surface area contributed by atoms with Crippen molar-refractivity contribution in [1.82, 2.24) is 0 Å². The average molecular weight is 187 g/mol. The molecule has 2 rings (SSSR count). The second-order valence-electron chi connectivity index (χ2n) is 3.63. The zero-order valence-electron chi connectivity index (χ0n) is 8.32. The van der Waals surface area contributed by atoms with Crippen molar-refractivity contribution < 1.29 is 4.57 Å². The van der Waals surface area contributed by atoms with Crippen LogP contribution in [-0.2, 0) is 6.54 Å². The van der Waals surface area contributed by atoms with E-state index in [9.17, 15) is 0 Å². The van der Waals surface area contributed by atoms with E-state index in [-0.39, 0.29) is 0 Å². The number of rotatable bonds is 2. The minimum atomic E-state index is 0.653. The maximum absolute atomic E-state index is 5.24. The van der Waals surface area contributed by atoms with Gasteiger partial charge >= 0.3 is 0 Å². The fourth-order valence-electron chi connectivity index (χ4n) is 1.85. The van der Waals surface area contributed by atoms with E-state index in [1.165, 1.54) is 31.6 Å². The van der Waals surface area contributed by atoms with E-state index < -0.39 is 0 Å². The maximum Gasteiger partial charge on any atom is 0.208 e. The van der Waals surface area contributed by atoms with E-state index >= 15 is 0 Å². The van der Waals surface area contributed by atoms with E-state index in [2.05, 4.69) is 23.0 Å². The Morgan fingerprint density at radius 2 is 1.93 bits per heavy atom. The molecule has 0 amide bonds. The van der Waals surface area contributed by atoms with Crippen molar-refractivity contribution in [2.24, 2.45) is 0 Å². The third-order valence-corrected chi connectivity index (χ3v) is 2.62. The van der Waals surface area contributed by atoms with E-state index in [4.69, 9.17) is 6.42 Å². The third kappa shape index (κ3) is 1.88. The van der Waals surface area contributed by atoms with Crippen molar-refractivity contribution in [2.75, 3.05) is 18.0 Å². The molecule has 2 heterocycles. The third-order valence-electron chi connectivity index (χ3n) is 2.62. The maximum atomic E-state index is 5.24. The summed E-state index contributed by atoms with van der Waals surface area (Å²) in [7, 11) is 0. The van der Waals surface area contributed by atoms with Crippen LogP contribution in [0.3, 0.4) is 0 Å².